The SMILES string of the molecule is c1nc2ccc(C3CCCNC3)cn2n1. The lowest BCUT2D eigenvalue weighted by Crippen LogP contribution is -2.28. The molecule has 0 aromatic carbocycles. The van der Waals surface area contributed by atoms with Crippen LogP contribution < -0.4 is 5.32 Å². The topological polar surface area (TPSA) is 42.2 Å². The summed E-state index contributed by atoms with van der Waals surface area (Å²) in [5.74, 6) is 0.632. The largest absolute Gasteiger partial charge is 0.316 e. The summed E-state index contributed by atoms with van der Waals surface area (Å²) in [6, 6.07) is 4.21. The van der Waals surface area contributed by atoms with Gasteiger partial charge < -0.3 is 5.32 Å². The molecule has 1 aliphatic heterocycles. The predicted molar refractivity (Wildman–Crippen MR) is 57.8 cm³/mol. The molecule has 78 valence electrons. The molecule has 2 aromatic rings. The van der Waals surface area contributed by atoms with E-state index < -0.39 is 0 Å². The molecule has 1 atom stereocenters. The highest BCUT2D eigenvalue weighted by Crippen LogP contribution is 2.22. The van der Waals surface area contributed by atoms with Crippen LogP contribution in [-0.2, 0) is 0 Å². The Labute approximate surface area is 88.3 Å². The number of hydrogen-bond acceptors (Lipinski definition) is 3. The third-order valence-electron chi connectivity index (χ3n) is 3.07. The van der Waals surface area contributed by atoms with Crippen LogP contribution in [0.25, 0.3) is 5.65 Å². The Morgan fingerprint density at radius 3 is 3.27 bits per heavy atom. The molecule has 3 heterocycles. The fraction of sp³-hybridized carbons (Fsp3) is 0.455. The highest BCUT2D eigenvalue weighted by Gasteiger charge is 2.15. The van der Waals surface area contributed by atoms with Crippen molar-refractivity contribution in [1.29, 1.82) is 0 Å². The minimum Gasteiger partial charge on any atom is -0.316 e. The molecule has 0 bridgehead atoms. The number of nitrogens with one attached hydrogen (secondary N) is 1. The summed E-state index contributed by atoms with van der Waals surface area (Å²) in [7, 11) is 0. The van der Waals surface area contributed by atoms with Gasteiger partial charge in [0.15, 0.2) is 5.65 Å². The summed E-state index contributed by atoms with van der Waals surface area (Å²) >= 11 is 0. The molecular weight excluding hydrogens is 188 g/mol. The van der Waals surface area contributed by atoms with Crippen molar-refractivity contribution in [2.75, 3.05) is 13.1 Å². The summed E-state index contributed by atoms with van der Waals surface area (Å²) in [4.78, 5) is 4.14. The molecule has 1 N–H and O–H groups in total. The highest BCUT2D eigenvalue weighted by atomic mass is 15.3. The van der Waals surface area contributed by atoms with Crippen molar-refractivity contribution in [2.24, 2.45) is 0 Å². The Hall–Kier alpha value is -1.42. The second-order valence-corrected chi connectivity index (χ2v) is 4.07. The van der Waals surface area contributed by atoms with Gasteiger partial charge in [0.25, 0.3) is 0 Å². The first kappa shape index (κ1) is 8.85. The van der Waals surface area contributed by atoms with Crippen LogP contribution in [-0.4, -0.2) is 27.7 Å². The number of rotatable bonds is 1. The lowest BCUT2D eigenvalue weighted by Gasteiger charge is -2.22. The van der Waals surface area contributed by atoms with Gasteiger partial charge >= 0.3 is 0 Å². The second kappa shape index (κ2) is 3.62. The molecule has 0 amide bonds. The average molecular weight is 202 g/mol. The van der Waals surface area contributed by atoms with Gasteiger partial charge in [-0.1, -0.05) is 6.07 Å². The highest BCUT2D eigenvalue weighted by molar-refractivity contribution is 5.38. The van der Waals surface area contributed by atoms with E-state index in [-0.39, 0.29) is 0 Å². The smallest absolute Gasteiger partial charge is 0.155 e. The third kappa shape index (κ3) is 1.61. The summed E-state index contributed by atoms with van der Waals surface area (Å²) in [5, 5.41) is 7.59. The molecule has 4 nitrogen and oxygen atoms in total. The van der Waals surface area contributed by atoms with Gasteiger partial charge in [0.1, 0.15) is 6.33 Å². The van der Waals surface area contributed by atoms with Crippen LogP contribution in [0.2, 0.25) is 0 Å². The Balaban J connectivity index is 1.95. The van der Waals surface area contributed by atoms with Gasteiger partial charge in [-0.2, -0.15) is 5.10 Å². The van der Waals surface area contributed by atoms with Crippen molar-refractivity contribution < 1.29 is 0 Å². The van der Waals surface area contributed by atoms with Crippen LogP contribution in [0, 0.1) is 0 Å². The lowest BCUT2D eigenvalue weighted by atomic mass is 9.93. The van der Waals surface area contributed by atoms with Crippen LogP contribution in [0.15, 0.2) is 24.7 Å². The zero-order valence-electron chi connectivity index (χ0n) is 8.56. The fourth-order valence-corrected chi connectivity index (χ4v) is 2.21. The molecule has 0 spiro atoms. The van der Waals surface area contributed by atoms with Gasteiger partial charge in [0.2, 0.25) is 0 Å². The van der Waals surface area contributed by atoms with Crippen LogP contribution in [0.5, 0.6) is 0 Å². The second-order valence-electron chi connectivity index (χ2n) is 4.07. The van der Waals surface area contributed by atoms with Crippen molar-refractivity contribution in [3.63, 3.8) is 0 Å². The number of piperidine rings is 1. The molecule has 1 unspecified atom stereocenters. The minimum absolute atomic E-state index is 0.632. The van der Waals surface area contributed by atoms with Gasteiger partial charge in [-0.25, -0.2) is 9.50 Å². The quantitative estimate of drug-likeness (QED) is 0.755. The summed E-state index contributed by atoms with van der Waals surface area (Å²) < 4.78 is 1.85. The van der Waals surface area contributed by atoms with E-state index in [9.17, 15) is 0 Å². The van der Waals surface area contributed by atoms with E-state index in [4.69, 9.17) is 0 Å². The minimum atomic E-state index is 0.632. The molecule has 1 saturated heterocycles. The number of pyridine rings is 1. The van der Waals surface area contributed by atoms with Crippen LogP contribution in [0.1, 0.15) is 24.3 Å². The Morgan fingerprint density at radius 2 is 2.40 bits per heavy atom. The van der Waals surface area contributed by atoms with Gasteiger partial charge in [0, 0.05) is 12.7 Å². The van der Waals surface area contributed by atoms with E-state index >= 15 is 0 Å². The molecule has 1 aliphatic rings. The molecule has 0 saturated carbocycles. The van der Waals surface area contributed by atoms with E-state index in [1.54, 1.807) is 6.33 Å². The molecule has 0 aliphatic carbocycles. The van der Waals surface area contributed by atoms with Crippen molar-refractivity contribution in [1.82, 2.24) is 19.9 Å². The summed E-state index contributed by atoms with van der Waals surface area (Å²) in [5.41, 5.74) is 2.28. The van der Waals surface area contributed by atoms with Crippen molar-refractivity contribution >= 4 is 5.65 Å². The van der Waals surface area contributed by atoms with Crippen LogP contribution >= 0.6 is 0 Å². The molecule has 1 fully saturated rings. The molecule has 3 rings (SSSR count). The molecular formula is C11H14N4. The number of hydrogen-bond donors (Lipinski definition) is 1. The molecule has 0 radical (unpaired) electrons. The van der Waals surface area contributed by atoms with E-state index in [1.807, 2.05) is 10.6 Å². The maximum atomic E-state index is 4.16. The maximum Gasteiger partial charge on any atom is 0.155 e. The van der Waals surface area contributed by atoms with Gasteiger partial charge in [-0.15, -0.1) is 0 Å². The van der Waals surface area contributed by atoms with E-state index in [2.05, 4.69) is 27.7 Å². The number of aromatic nitrogens is 3. The summed E-state index contributed by atoms with van der Waals surface area (Å²) in [6.45, 7) is 2.24. The number of fused-ring (bicyclic) bond motifs is 1. The van der Waals surface area contributed by atoms with Gasteiger partial charge in [-0.05, 0) is 36.9 Å². The monoisotopic (exact) mass is 202 g/mol. The molecule has 2 aromatic heterocycles. The van der Waals surface area contributed by atoms with E-state index in [0.717, 1.165) is 18.7 Å². The summed E-state index contributed by atoms with van der Waals surface area (Å²) in [6.07, 6.45) is 6.23. The van der Waals surface area contributed by atoms with Crippen molar-refractivity contribution in [3.05, 3.63) is 30.2 Å². The van der Waals surface area contributed by atoms with E-state index in [0.29, 0.717) is 5.92 Å². The lowest BCUT2D eigenvalue weighted by molar-refractivity contribution is 0.460. The standard InChI is InChI=1S/C11H14N4/c1-2-9(6-12-5-1)10-3-4-11-13-8-14-15(11)7-10/h3-4,7-9,12H,1-2,5-6H2. The zero-order valence-corrected chi connectivity index (χ0v) is 8.56. The fourth-order valence-electron chi connectivity index (χ4n) is 2.21. The Kier molecular flexibility index (Phi) is 2.14. The molecule has 15 heavy (non-hydrogen) atoms. The van der Waals surface area contributed by atoms with Gasteiger partial charge in [0.05, 0.1) is 0 Å². The first-order valence-electron chi connectivity index (χ1n) is 5.43. The first-order chi connectivity index (χ1) is 7.43. The van der Waals surface area contributed by atoms with Crippen LogP contribution in [0.3, 0.4) is 0 Å². The number of nitrogens with zero attached hydrogens (tertiary/aromatic N) is 3. The average Bonchev–Trinajstić information content (AvgIpc) is 2.77. The predicted octanol–water partition coefficient (Wildman–Crippen LogP) is 1.20. The Bertz CT molecular complexity index is 456. The van der Waals surface area contributed by atoms with Crippen LogP contribution in [0.4, 0.5) is 0 Å². The molecule has 4 heteroatoms. The Morgan fingerprint density at radius 1 is 1.40 bits per heavy atom. The third-order valence-corrected chi connectivity index (χ3v) is 3.07. The maximum absolute atomic E-state index is 4.16. The van der Waals surface area contributed by atoms with E-state index in [1.165, 1.54) is 18.4 Å². The van der Waals surface area contributed by atoms with Crippen molar-refractivity contribution in [3.8, 4) is 0 Å². The van der Waals surface area contributed by atoms with Crippen molar-refractivity contribution in [2.45, 2.75) is 18.8 Å². The first-order valence-corrected chi connectivity index (χ1v) is 5.43. The van der Waals surface area contributed by atoms with Gasteiger partial charge in [-0.3, -0.25) is 0 Å². The normalized spacial score (nSPS) is 22.0. The zero-order chi connectivity index (χ0) is 10.1.